The first-order valence-electron chi connectivity index (χ1n) is 9.26. The normalized spacial score (nSPS) is 13.7. The van der Waals surface area contributed by atoms with Crippen molar-refractivity contribution in [3.8, 4) is 11.4 Å². The predicted molar refractivity (Wildman–Crippen MR) is 106 cm³/mol. The Hall–Kier alpha value is -2.87. The van der Waals surface area contributed by atoms with Crippen LogP contribution in [-0.4, -0.2) is 16.0 Å². The van der Waals surface area contributed by atoms with Gasteiger partial charge in [0.15, 0.2) is 0 Å². The first kappa shape index (κ1) is 21.8. The number of alkyl halides is 3. The smallest absolute Gasteiger partial charge is 0.340 e. The molecule has 0 fully saturated rings. The van der Waals surface area contributed by atoms with Gasteiger partial charge in [0.1, 0.15) is 6.04 Å². The van der Waals surface area contributed by atoms with Gasteiger partial charge in [0.05, 0.1) is 5.56 Å². The molecule has 158 valence electrons. The van der Waals surface area contributed by atoms with Crippen LogP contribution in [0.4, 0.5) is 13.2 Å². The molecule has 1 aromatic heterocycles. The van der Waals surface area contributed by atoms with E-state index < -0.39 is 23.7 Å². The molecule has 1 heterocycles. The van der Waals surface area contributed by atoms with Crippen molar-refractivity contribution in [1.82, 2.24) is 15.5 Å². The number of amides is 1. The second-order valence-electron chi connectivity index (χ2n) is 6.87. The molecule has 0 saturated carbocycles. The summed E-state index contributed by atoms with van der Waals surface area (Å²) in [7, 11) is 0. The Morgan fingerprint density at radius 1 is 1.13 bits per heavy atom. The average Bonchev–Trinajstić information content (AvgIpc) is 3.21. The van der Waals surface area contributed by atoms with Crippen LogP contribution >= 0.6 is 11.6 Å². The van der Waals surface area contributed by atoms with E-state index in [1.807, 2.05) is 13.8 Å². The number of carbonyl (C=O) groups excluding carboxylic acids is 1. The number of nitrogens with zero attached hydrogens (tertiary/aromatic N) is 2. The van der Waals surface area contributed by atoms with Crippen molar-refractivity contribution in [3.05, 3.63) is 70.6 Å². The third kappa shape index (κ3) is 4.99. The van der Waals surface area contributed by atoms with Crippen LogP contribution < -0.4 is 5.32 Å². The summed E-state index contributed by atoms with van der Waals surface area (Å²) in [5.41, 5.74) is -0.0119. The lowest BCUT2D eigenvalue weighted by Gasteiger charge is -2.21. The molecule has 1 N–H and O–H groups in total. The molecule has 9 heteroatoms. The van der Waals surface area contributed by atoms with Crippen molar-refractivity contribution in [3.63, 3.8) is 0 Å². The Kier molecular flexibility index (Phi) is 6.45. The van der Waals surface area contributed by atoms with Crippen molar-refractivity contribution in [2.45, 2.75) is 32.5 Å². The summed E-state index contributed by atoms with van der Waals surface area (Å²) in [4.78, 5) is 17.0. The van der Waals surface area contributed by atoms with Gasteiger partial charge in [-0.15, -0.1) is 0 Å². The monoisotopic (exact) mass is 437 g/mol. The summed E-state index contributed by atoms with van der Waals surface area (Å²) in [6.45, 7) is 3.85. The summed E-state index contributed by atoms with van der Waals surface area (Å²) in [5, 5.41) is 7.33. The average molecular weight is 438 g/mol. The Labute approximate surface area is 176 Å². The van der Waals surface area contributed by atoms with Crippen LogP contribution in [0.3, 0.4) is 0 Å². The number of carbonyl (C=O) groups is 1. The van der Waals surface area contributed by atoms with Crippen molar-refractivity contribution in [2.24, 2.45) is 5.92 Å². The molecular formula is C21H19ClF3N3O2. The third-order valence-electron chi connectivity index (χ3n) is 4.78. The van der Waals surface area contributed by atoms with Gasteiger partial charge in [-0.25, -0.2) is 0 Å². The fourth-order valence-electron chi connectivity index (χ4n) is 2.80. The highest BCUT2D eigenvalue weighted by molar-refractivity contribution is 6.30. The quantitative estimate of drug-likeness (QED) is 0.519. The van der Waals surface area contributed by atoms with Gasteiger partial charge < -0.3 is 9.84 Å². The van der Waals surface area contributed by atoms with Crippen molar-refractivity contribution in [1.29, 1.82) is 0 Å². The minimum absolute atomic E-state index is 0.0538. The highest BCUT2D eigenvalue weighted by atomic mass is 35.5. The molecule has 0 spiro atoms. The SMILES string of the molecule is CC[C@H](C)[C@H](NC(=O)c1ccc(C(F)(F)F)cc1)c1nc(-c2ccc(Cl)cc2)no1. The predicted octanol–water partition coefficient (Wildman–Crippen LogP) is 5.93. The van der Waals surface area contributed by atoms with Crippen LogP contribution in [0, 0.1) is 5.92 Å². The van der Waals surface area contributed by atoms with E-state index in [1.54, 1.807) is 24.3 Å². The Morgan fingerprint density at radius 2 is 1.77 bits per heavy atom. The van der Waals surface area contributed by atoms with E-state index in [9.17, 15) is 18.0 Å². The van der Waals surface area contributed by atoms with Gasteiger partial charge in [0.25, 0.3) is 5.91 Å². The van der Waals surface area contributed by atoms with Gasteiger partial charge in [0, 0.05) is 16.1 Å². The maximum absolute atomic E-state index is 12.7. The van der Waals surface area contributed by atoms with Gasteiger partial charge in [-0.05, 0) is 54.4 Å². The molecule has 1 amide bonds. The Bertz CT molecular complexity index is 1000. The van der Waals surface area contributed by atoms with Crippen LogP contribution in [-0.2, 0) is 6.18 Å². The minimum Gasteiger partial charge on any atom is -0.340 e. The first-order chi connectivity index (χ1) is 14.2. The molecule has 30 heavy (non-hydrogen) atoms. The van der Waals surface area contributed by atoms with E-state index in [0.717, 1.165) is 24.3 Å². The highest BCUT2D eigenvalue weighted by Crippen LogP contribution is 2.30. The lowest BCUT2D eigenvalue weighted by atomic mass is 9.98. The molecule has 0 unspecified atom stereocenters. The van der Waals surface area contributed by atoms with Gasteiger partial charge in [0.2, 0.25) is 11.7 Å². The van der Waals surface area contributed by atoms with Crippen molar-refractivity contribution >= 4 is 17.5 Å². The zero-order valence-corrected chi connectivity index (χ0v) is 17.0. The van der Waals surface area contributed by atoms with Crippen LogP contribution in [0.2, 0.25) is 5.02 Å². The third-order valence-corrected chi connectivity index (χ3v) is 5.04. The number of hydrogen-bond acceptors (Lipinski definition) is 4. The van der Waals surface area contributed by atoms with Gasteiger partial charge in [-0.3, -0.25) is 4.79 Å². The number of aromatic nitrogens is 2. The zero-order valence-electron chi connectivity index (χ0n) is 16.2. The van der Waals surface area contributed by atoms with E-state index in [1.165, 1.54) is 0 Å². The van der Waals surface area contributed by atoms with E-state index >= 15 is 0 Å². The fourth-order valence-corrected chi connectivity index (χ4v) is 2.92. The fraction of sp³-hybridized carbons (Fsp3) is 0.286. The number of halogens is 4. The van der Waals surface area contributed by atoms with E-state index in [4.69, 9.17) is 16.1 Å². The first-order valence-corrected chi connectivity index (χ1v) is 9.64. The summed E-state index contributed by atoms with van der Waals surface area (Å²) in [6.07, 6.45) is -3.76. The molecule has 0 aliphatic rings. The summed E-state index contributed by atoms with van der Waals surface area (Å²) in [6, 6.07) is 10.3. The van der Waals surface area contributed by atoms with Crippen LogP contribution in [0.25, 0.3) is 11.4 Å². The Morgan fingerprint density at radius 3 is 2.33 bits per heavy atom. The van der Waals surface area contributed by atoms with Crippen molar-refractivity contribution < 1.29 is 22.5 Å². The molecule has 0 bridgehead atoms. The standard InChI is InChI=1S/C21H19ClF3N3O2/c1-3-12(2)17(20-27-18(28-30-20)13-6-10-16(22)11-7-13)26-19(29)14-4-8-15(9-5-14)21(23,24)25/h4-12,17H,3H2,1-2H3,(H,26,29)/t12-,17-/m0/s1. The maximum atomic E-state index is 12.7. The largest absolute Gasteiger partial charge is 0.416 e. The minimum atomic E-state index is -4.46. The summed E-state index contributed by atoms with van der Waals surface area (Å²) >= 11 is 5.89. The molecule has 0 saturated heterocycles. The number of benzene rings is 2. The zero-order chi connectivity index (χ0) is 21.9. The topological polar surface area (TPSA) is 68.0 Å². The van der Waals surface area contributed by atoms with Crippen LogP contribution in [0.1, 0.15) is 48.1 Å². The lowest BCUT2D eigenvalue weighted by molar-refractivity contribution is -0.137. The number of hydrogen-bond donors (Lipinski definition) is 1. The number of nitrogens with one attached hydrogen (secondary N) is 1. The van der Waals surface area contributed by atoms with Gasteiger partial charge in [-0.2, -0.15) is 18.2 Å². The molecule has 0 aliphatic heterocycles. The second-order valence-corrected chi connectivity index (χ2v) is 7.31. The van der Waals surface area contributed by atoms with Gasteiger partial charge >= 0.3 is 6.18 Å². The van der Waals surface area contributed by atoms with Crippen LogP contribution in [0.5, 0.6) is 0 Å². The Balaban J connectivity index is 1.81. The molecule has 3 aromatic rings. The molecular weight excluding hydrogens is 419 g/mol. The van der Waals surface area contributed by atoms with Crippen molar-refractivity contribution in [2.75, 3.05) is 0 Å². The van der Waals surface area contributed by atoms with E-state index in [2.05, 4.69) is 15.5 Å². The summed E-state index contributed by atoms with van der Waals surface area (Å²) < 4.78 is 43.6. The molecule has 5 nitrogen and oxygen atoms in total. The maximum Gasteiger partial charge on any atom is 0.416 e. The van der Waals surface area contributed by atoms with E-state index in [0.29, 0.717) is 22.8 Å². The second kappa shape index (κ2) is 8.87. The van der Waals surface area contributed by atoms with Gasteiger partial charge in [-0.1, -0.05) is 37.0 Å². The molecule has 2 aromatic carbocycles. The molecule has 3 rings (SSSR count). The molecule has 2 atom stereocenters. The lowest BCUT2D eigenvalue weighted by Crippen LogP contribution is -2.32. The highest BCUT2D eigenvalue weighted by Gasteiger charge is 2.31. The number of rotatable bonds is 6. The molecule has 0 aliphatic carbocycles. The molecule has 0 radical (unpaired) electrons. The van der Waals surface area contributed by atoms with Crippen LogP contribution in [0.15, 0.2) is 53.1 Å². The summed E-state index contributed by atoms with van der Waals surface area (Å²) in [5.74, 6) is -0.0181. The van der Waals surface area contributed by atoms with E-state index in [-0.39, 0.29) is 17.4 Å².